The van der Waals surface area contributed by atoms with Crippen molar-refractivity contribution in [1.29, 1.82) is 0 Å². The van der Waals surface area contributed by atoms with E-state index < -0.39 is 8.07 Å². The second-order valence-corrected chi connectivity index (χ2v) is 14.4. The van der Waals surface area contributed by atoms with Crippen LogP contribution in [0.5, 0.6) is 0 Å². The zero-order chi connectivity index (χ0) is 18.2. The average Bonchev–Trinajstić information content (AvgIpc) is 2.72. The first kappa shape index (κ1) is 18.8. The van der Waals surface area contributed by atoms with Crippen LogP contribution in [0.2, 0.25) is 25.7 Å². The molecule has 2 aromatic rings. The van der Waals surface area contributed by atoms with Crippen molar-refractivity contribution in [3.63, 3.8) is 0 Å². The van der Waals surface area contributed by atoms with Crippen LogP contribution < -0.4 is 0 Å². The second-order valence-electron chi connectivity index (χ2n) is 7.99. The third-order valence-electron chi connectivity index (χ3n) is 4.79. The van der Waals surface area contributed by atoms with Gasteiger partial charge in [-0.05, 0) is 53.4 Å². The van der Waals surface area contributed by atoms with Gasteiger partial charge >= 0.3 is 0 Å². The van der Waals surface area contributed by atoms with Gasteiger partial charge in [0.25, 0.3) is 0 Å². The number of aromatic nitrogens is 1. The average molecular weight is 426 g/mol. The Bertz CT molecular complexity index is 810. The Hall–Kier alpha value is -0.983. The lowest BCUT2D eigenvalue weighted by Gasteiger charge is -2.17. The first-order valence-electron chi connectivity index (χ1n) is 8.89. The second kappa shape index (κ2) is 7.33. The molecule has 0 aliphatic heterocycles. The summed E-state index contributed by atoms with van der Waals surface area (Å²) in [5, 5.41) is 0.837. The molecule has 1 heterocycles. The van der Waals surface area contributed by atoms with E-state index in [1.165, 1.54) is 6.07 Å². The summed E-state index contributed by atoms with van der Waals surface area (Å²) in [5.74, 6) is -0.146. The first-order valence-corrected chi connectivity index (χ1v) is 13.4. The van der Waals surface area contributed by atoms with Gasteiger partial charge in [0.1, 0.15) is 12.5 Å². The Balaban J connectivity index is 2.02. The molecule has 1 aliphatic rings. The number of ketones is 1. The van der Waals surface area contributed by atoms with Crippen LogP contribution in [0.1, 0.15) is 35.3 Å². The molecule has 0 saturated carbocycles. The summed E-state index contributed by atoms with van der Waals surface area (Å²) in [6, 6.07) is 4.25. The van der Waals surface area contributed by atoms with Gasteiger partial charge in [-0.25, -0.2) is 4.39 Å². The van der Waals surface area contributed by atoms with E-state index in [1.54, 1.807) is 6.07 Å². The fourth-order valence-corrected chi connectivity index (χ4v) is 4.70. The standard InChI is InChI=1S/C19H25BrFNO2Si/c1-25(2,3)11-10-24-12-22-15-6-4-5-7-16(23)17(15)13-8-9-14(21)18(20)19(13)22/h8-9H,4-7,10-12H2,1-3H3. The number of carbonyl (C=O) groups excluding carboxylic acids is 1. The largest absolute Gasteiger partial charge is 0.361 e. The van der Waals surface area contributed by atoms with Gasteiger partial charge in [-0.2, -0.15) is 0 Å². The highest BCUT2D eigenvalue weighted by Crippen LogP contribution is 2.36. The fraction of sp³-hybridized carbons (Fsp3) is 0.526. The van der Waals surface area contributed by atoms with Gasteiger partial charge in [0.15, 0.2) is 5.78 Å². The van der Waals surface area contributed by atoms with Crippen molar-refractivity contribution >= 4 is 40.7 Å². The van der Waals surface area contributed by atoms with Crippen molar-refractivity contribution in [3.05, 3.63) is 33.7 Å². The van der Waals surface area contributed by atoms with Crippen LogP contribution in [0.25, 0.3) is 10.9 Å². The summed E-state index contributed by atoms with van der Waals surface area (Å²) >= 11 is 3.38. The van der Waals surface area contributed by atoms with Crippen molar-refractivity contribution in [2.24, 2.45) is 0 Å². The van der Waals surface area contributed by atoms with E-state index in [0.29, 0.717) is 24.2 Å². The normalized spacial score (nSPS) is 15.5. The minimum absolute atomic E-state index is 0.164. The smallest absolute Gasteiger partial charge is 0.165 e. The Morgan fingerprint density at radius 1 is 1.24 bits per heavy atom. The summed E-state index contributed by atoms with van der Waals surface area (Å²) in [5.41, 5.74) is 2.51. The Morgan fingerprint density at radius 3 is 2.68 bits per heavy atom. The Morgan fingerprint density at radius 2 is 1.96 bits per heavy atom. The Kier molecular flexibility index (Phi) is 5.51. The lowest BCUT2D eigenvalue weighted by molar-refractivity contribution is 0.0880. The zero-order valence-corrected chi connectivity index (χ0v) is 17.7. The predicted molar refractivity (Wildman–Crippen MR) is 106 cm³/mol. The number of carbonyl (C=O) groups is 1. The van der Waals surface area contributed by atoms with Crippen LogP contribution in [-0.2, 0) is 17.9 Å². The zero-order valence-electron chi connectivity index (χ0n) is 15.1. The van der Waals surface area contributed by atoms with Gasteiger partial charge in [0.2, 0.25) is 0 Å². The maximum Gasteiger partial charge on any atom is 0.165 e. The molecule has 0 fully saturated rings. The van der Waals surface area contributed by atoms with Crippen LogP contribution >= 0.6 is 15.9 Å². The number of hydrogen-bond donors (Lipinski definition) is 0. The third kappa shape index (κ3) is 3.91. The Labute approximate surface area is 157 Å². The molecule has 0 saturated heterocycles. The van der Waals surface area contributed by atoms with E-state index >= 15 is 0 Å². The van der Waals surface area contributed by atoms with Crippen LogP contribution in [-0.4, -0.2) is 25.0 Å². The molecule has 0 N–H and O–H groups in total. The molecular weight excluding hydrogens is 401 g/mol. The van der Waals surface area contributed by atoms with Crippen LogP contribution in [0, 0.1) is 5.82 Å². The molecule has 136 valence electrons. The monoisotopic (exact) mass is 425 g/mol. The van der Waals surface area contributed by atoms with E-state index in [-0.39, 0.29) is 11.6 Å². The number of nitrogens with zero attached hydrogens (tertiary/aromatic N) is 1. The molecule has 0 spiro atoms. The number of fused-ring (bicyclic) bond motifs is 3. The van der Waals surface area contributed by atoms with Crippen molar-refractivity contribution in [2.45, 2.75) is 58.1 Å². The summed E-state index contributed by atoms with van der Waals surface area (Å²) in [6.07, 6.45) is 3.29. The van der Waals surface area contributed by atoms with Gasteiger partial charge < -0.3 is 9.30 Å². The highest BCUT2D eigenvalue weighted by molar-refractivity contribution is 9.10. The lowest BCUT2D eigenvalue weighted by Crippen LogP contribution is -2.22. The highest BCUT2D eigenvalue weighted by Gasteiger charge is 2.26. The molecule has 3 rings (SSSR count). The van der Waals surface area contributed by atoms with Gasteiger partial charge in [-0.15, -0.1) is 0 Å². The van der Waals surface area contributed by atoms with Crippen LogP contribution in [0.4, 0.5) is 4.39 Å². The molecule has 3 nitrogen and oxygen atoms in total. The molecule has 0 unspecified atom stereocenters. The molecule has 1 aromatic carbocycles. The molecule has 0 radical (unpaired) electrons. The quantitative estimate of drug-likeness (QED) is 0.346. The van der Waals surface area contributed by atoms with Crippen molar-refractivity contribution < 1.29 is 13.9 Å². The van der Waals surface area contributed by atoms with E-state index in [4.69, 9.17) is 4.74 Å². The number of hydrogen-bond acceptors (Lipinski definition) is 2. The third-order valence-corrected chi connectivity index (χ3v) is 7.24. The summed E-state index contributed by atoms with van der Waals surface area (Å²) in [4.78, 5) is 12.6. The van der Waals surface area contributed by atoms with Crippen molar-refractivity contribution in [2.75, 3.05) is 6.61 Å². The molecule has 6 heteroatoms. The predicted octanol–water partition coefficient (Wildman–Crippen LogP) is 5.76. The maximum absolute atomic E-state index is 14.1. The molecular formula is C19H25BrFNO2Si. The maximum atomic E-state index is 14.1. The molecule has 0 amide bonds. The van der Waals surface area contributed by atoms with Gasteiger partial charge in [0.05, 0.1) is 9.99 Å². The number of benzene rings is 1. The minimum atomic E-state index is -1.16. The summed E-state index contributed by atoms with van der Waals surface area (Å²) in [6.45, 7) is 8.02. The van der Waals surface area contributed by atoms with Crippen LogP contribution in [0.3, 0.4) is 0 Å². The number of ether oxygens (including phenoxy) is 1. The summed E-state index contributed by atoms with van der Waals surface area (Å²) < 4.78 is 22.5. The number of Topliss-reactive ketones (excluding diaryl/α,β-unsaturated/α-hetero) is 1. The number of rotatable bonds is 5. The highest BCUT2D eigenvalue weighted by atomic mass is 79.9. The molecule has 0 bridgehead atoms. The molecule has 1 aromatic heterocycles. The van der Waals surface area contributed by atoms with Crippen LogP contribution in [0.15, 0.2) is 16.6 Å². The van der Waals surface area contributed by atoms with E-state index in [2.05, 4.69) is 35.6 Å². The SMILES string of the molecule is C[Si](C)(C)CCOCn1c2c(c3ccc(F)c(Br)c31)C(=O)CCCC2. The molecule has 25 heavy (non-hydrogen) atoms. The fourth-order valence-electron chi connectivity index (χ4n) is 3.38. The first-order chi connectivity index (χ1) is 11.8. The molecule has 1 aliphatic carbocycles. The van der Waals surface area contributed by atoms with E-state index in [9.17, 15) is 9.18 Å². The van der Waals surface area contributed by atoms with Gasteiger partial charge in [-0.1, -0.05) is 19.6 Å². The lowest BCUT2D eigenvalue weighted by atomic mass is 10.1. The van der Waals surface area contributed by atoms with Crippen molar-refractivity contribution in [3.8, 4) is 0 Å². The van der Waals surface area contributed by atoms with E-state index in [1.807, 2.05) is 4.57 Å². The summed E-state index contributed by atoms with van der Waals surface area (Å²) in [7, 11) is -1.16. The number of halogens is 2. The topological polar surface area (TPSA) is 31.2 Å². The van der Waals surface area contributed by atoms with Gasteiger partial charge in [-0.3, -0.25) is 4.79 Å². The van der Waals surface area contributed by atoms with E-state index in [0.717, 1.165) is 47.5 Å². The van der Waals surface area contributed by atoms with Gasteiger partial charge in [0, 0.05) is 37.7 Å². The minimum Gasteiger partial charge on any atom is -0.361 e. The van der Waals surface area contributed by atoms with Crippen molar-refractivity contribution in [1.82, 2.24) is 4.57 Å². The molecule has 0 atom stereocenters.